The Kier molecular flexibility index (Phi) is 3.64. The van der Waals surface area contributed by atoms with Gasteiger partial charge in [-0.05, 0) is 25.5 Å². The Hall–Kier alpha value is -2.49. The van der Waals surface area contributed by atoms with Crippen LogP contribution in [0.15, 0.2) is 27.6 Å². The topological polar surface area (TPSA) is 115 Å². The normalized spacial score (nSPS) is 11.4. The Morgan fingerprint density at radius 2 is 2.00 bits per heavy atom. The first-order valence-corrected chi connectivity index (χ1v) is 7.09. The van der Waals surface area contributed by atoms with Crippen molar-refractivity contribution in [3.63, 3.8) is 0 Å². The summed E-state index contributed by atoms with van der Waals surface area (Å²) in [5.74, 6) is -1.24. The molecule has 1 heterocycles. The molecule has 2 rings (SSSR count). The Labute approximate surface area is 118 Å². The zero-order chi connectivity index (χ0) is 15.8. The van der Waals surface area contributed by atoms with Gasteiger partial charge in [-0.3, -0.25) is 10.1 Å². The summed E-state index contributed by atoms with van der Waals surface area (Å²) in [5.41, 5.74) is -0.439. The standard InChI is InChI=1S/C11H10FN3O5S/c1-6-3-8(12)9(15(16)17)5-10(6)21(18,19)14-11-4-7(2)13-20-11/h3-5,14H,1-2H3. The Balaban J connectivity index is 2.49. The van der Waals surface area contributed by atoms with Crippen molar-refractivity contribution in [2.24, 2.45) is 0 Å². The van der Waals surface area contributed by atoms with Crippen LogP contribution in [-0.2, 0) is 10.0 Å². The van der Waals surface area contributed by atoms with Crippen molar-refractivity contribution in [2.45, 2.75) is 18.7 Å². The average molecular weight is 315 g/mol. The maximum Gasteiger partial charge on any atom is 0.306 e. The van der Waals surface area contributed by atoms with Crippen LogP contribution in [0.1, 0.15) is 11.3 Å². The molecule has 0 amide bonds. The second kappa shape index (κ2) is 5.13. The third-order valence-corrected chi connectivity index (χ3v) is 4.08. The molecule has 0 saturated heterocycles. The lowest BCUT2D eigenvalue weighted by molar-refractivity contribution is -0.387. The zero-order valence-electron chi connectivity index (χ0n) is 11.0. The van der Waals surface area contributed by atoms with Gasteiger partial charge in [-0.25, -0.2) is 13.1 Å². The van der Waals surface area contributed by atoms with Crippen LogP contribution < -0.4 is 4.72 Å². The van der Waals surface area contributed by atoms with E-state index in [1.54, 1.807) is 6.92 Å². The van der Waals surface area contributed by atoms with Crippen LogP contribution in [-0.4, -0.2) is 18.5 Å². The molecule has 1 aromatic carbocycles. The van der Waals surface area contributed by atoms with Crippen LogP contribution in [0.4, 0.5) is 16.0 Å². The molecular weight excluding hydrogens is 305 g/mol. The van der Waals surface area contributed by atoms with Crippen LogP contribution in [0, 0.1) is 29.8 Å². The van der Waals surface area contributed by atoms with Crippen molar-refractivity contribution in [1.82, 2.24) is 5.16 Å². The number of nitrogens with one attached hydrogen (secondary N) is 1. The molecule has 112 valence electrons. The van der Waals surface area contributed by atoms with Gasteiger partial charge in [-0.1, -0.05) is 5.16 Å². The third kappa shape index (κ3) is 2.99. The number of nitro benzene ring substituents is 1. The Bertz CT molecular complexity index is 815. The minimum absolute atomic E-state index is 0.0295. The van der Waals surface area contributed by atoms with Crippen LogP contribution in [0.25, 0.3) is 0 Å². The van der Waals surface area contributed by atoms with Gasteiger partial charge in [0, 0.05) is 12.1 Å². The van der Waals surface area contributed by atoms with E-state index in [4.69, 9.17) is 4.52 Å². The van der Waals surface area contributed by atoms with E-state index in [2.05, 4.69) is 9.88 Å². The number of anilines is 1. The average Bonchev–Trinajstić information content (AvgIpc) is 2.72. The lowest BCUT2D eigenvalue weighted by Gasteiger charge is -2.08. The van der Waals surface area contributed by atoms with Crippen molar-refractivity contribution < 1.29 is 22.3 Å². The smallest absolute Gasteiger partial charge is 0.306 e. The predicted octanol–water partition coefficient (Wildman–Crippen LogP) is 2.14. The highest BCUT2D eigenvalue weighted by Crippen LogP contribution is 2.26. The van der Waals surface area contributed by atoms with Crippen molar-refractivity contribution in [2.75, 3.05) is 4.72 Å². The zero-order valence-corrected chi connectivity index (χ0v) is 11.8. The van der Waals surface area contributed by atoms with Gasteiger partial charge in [-0.2, -0.15) is 4.39 Å². The molecule has 0 bridgehead atoms. The summed E-state index contributed by atoms with van der Waals surface area (Å²) in [6.07, 6.45) is 0. The molecule has 0 saturated carbocycles. The van der Waals surface area contributed by atoms with Crippen molar-refractivity contribution >= 4 is 21.6 Å². The summed E-state index contributed by atoms with van der Waals surface area (Å²) in [5, 5.41) is 14.2. The van der Waals surface area contributed by atoms with Crippen LogP contribution in [0.3, 0.4) is 0 Å². The van der Waals surface area contributed by atoms with E-state index < -0.39 is 31.3 Å². The number of aryl methyl sites for hydroxylation is 2. The van der Waals surface area contributed by atoms with E-state index in [0.717, 1.165) is 6.07 Å². The molecule has 0 aliphatic rings. The van der Waals surface area contributed by atoms with Crippen LogP contribution >= 0.6 is 0 Å². The minimum atomic E-state index is -4.16. The molecule has 0 aliphatic carbocycles. The molecule has 0 radical (unpaired) electrons. The number of benzene rings is 1. The maximum atomic E-state index is 13.4. The highest BCUT2D eigenvalue weighted by Gasteiger charge is 2.25. The molecule has 0 unspecified atom stereocenters. The molecular formula is C11H10FN3O5S. The van der Waals surface area contributed by atoms with E-state index >= 15 is 0 Å². The van der Waals surface area contributed by atoms with Gasteiger partial charge < -0.3 is 4.52 Å². The number of aromatic nitrogens is 1. The number of rotatable bonds is 4. The van der Waals surface area contributed by atoms with Crippen LogP contribution in [0.5, 0.6) is 0 Å². The number of nitrogens with zero attached hydrogens (tertiary/aromatic N) is 2. The quantitative estimate of drug-likeness (QED) is 0.682. The molecule has 8 nitrogen and oxygen atoms in total. The third-order valence-electron chi connectivity index (χ3n) is 2.59. The van der Waals surface area contributed by atoms with Crippen LogP contribution in [0.2, 0.25) is 0 Å². The van der Waals surface area contributed by atoms with Gasteiger partial charge in [0.2, 0.25) is 11.7 Å². The van der Waals surface area contributed by atoms with Gasteiger partial charge in [-0.15, -0.1) is 0 Å². The summed E-state index contributed by atoms with van der Waals surface area (Å²) in [4.78, 5) is 9.29. The predicted molar refractivity (Wildman–Crippen MR) is 69.8 cm³/mol. The van der Waals surface area contributed by atoms with Crippen molar-refractivity contribution in [3.8, 4) is 0 Å². The Morgan fingerprint density at radius 3 is 2.52 bits per heavy atom. The fourth-order valence-electron chi connectivity index (χ4n) is 1.67. The molecule has 1 N–H and O–H groups in total. The van der Waals surface area contributed by atoms with Gasteiger partial charge in [0.05, 0.1) is 15.5 Å². The van der Waals surface area contributed by atoms with Gasteiger partial charge in [0.1, 0.15) is 0 Å². The molecule has 1 aromatic heterocycles. The molecule has 10 heteroatoms. The van der Waals surface area contributed by atoms with Crippen molar-refractivity contribution in [1.29, 1.82) is 0 Å². The SMILES string of the molecule is Cc1cc(NS(=O)(=O)c2cc([N+](=O)[O-])c(F)cc2C)on1. The second-order valence-corrected chi connectivity index (χ2v) is 5.92. The van der Waals surface area contributed by atoms with Crippen molar-refractivity contribution in [3.05, 3.63) is 45.4 Å². The number of halogens is 1. The molecule has 0 atom stereocenters. The molecule has 0 fully saturated rings. The maximum absolute atomic E-state index is 13.4. The first-order chi connectivity index (χ1) is 9.70. The fourth-order valence-corrected chi connectivity index (χ4v) is 2.89. The van der Waals surface area contributed by atoms with Gasteiger partial charge in [0.15, 0.2) is 0 Å². The highest BCUT2D eigenvalue weighted by atomic mass is 32.2. The number of hydrogen-bond donors (Lipinski definition) is 1. The fraction of sp³-hybridized carbons (Fsp3) is 0.182. The molecule has 2 aromatic rings. The van der Waals surface area contributed by atoms with E-state index in [1.807, 2.05) is 0 Å². The summed E-state index contributed by atoms with van der Waals surface area (Å²) in [7, 11) is -4.16. The van der Waals surface area contributed by atoms with Gasteiger partial charge in [0.25, 0.3) is 10.0 Å². The summed E-state index contributed by atoms with van der Waals surface area (Å²) < 4.78 is 44.6. The molecule has 0 aliphatic heterocycles. The summed E-state index contributed by atoms with van der Waals surface area (Å²) in [6, 6.07) is 2.79. The first kappa shape index (κ1) is 14.9. The lowest BCUT2D eigenvalue weighted by Crippen LogP contribution is -2.14. The van der Waals surface area contributed by atoms with E-state index in [0.29, 0.717) is 11.8 Å². The van der Waals surface area contributed by atoms with E-state index in [1.165, 1.54) is 13.0 Å². The number of sulfonamides is 1. The largest absolute Gasteiger partial charge is 0.338 e. The molecule has 21 heavy (non-hydrogen) atoms. The lowest BCUT2D eigenvalue weighted by atomic mass is 10.2. The van der Waals surface area contributed by atoms with Gasteiger partial charge >= 0.3 is 5.69 Å². The summed E-state index contributed by atoms with van der Waals surface area (Å²) >= 11 is 0. The number of hydrogen-bond acceptors (Lipinski definition) is 6. The number of nitro groups is 1. The first-order valence-electron chi connectivity index (χ1n) is 5.61. The molecule has 0 spiro atoms. The minimum Gasteiger partial charge on any atom is -0.338 e. The monoisotopic (exact) mass is 315 g/mol. The van der Waals surface area contributed by atoms with E-state index in [9.17, 15) is 22.9 Å². The second-order valence-electron chi connectivity index (χ2n) is 4.26. The highest BCUT2D eigenvalue weighted by molar-refractivity contribution is 7.92. The van der Waals surface area contributed by atoms with E-state index in [-0.39, 0.29) is 11.4 Å². The Morgan fingerprint density at radius 1 is 1.33 bits per heavy atom. The summed E-state index contributed by atoms with van der Waals surface area (Å²) in [6.45, 7) is 2.92.